The molecule has 16 heteroatoms. The molecule has 0 radical (unpaired) electrons. The molecule has 6 amide bonds. The van der Waals surface area contributed by atoms with Crippen LogP contribution in [-0.2, 0) is 54.3 Å². The molecular weight excluding hydrogens is 888 g/mol. The molecule has 2 aliphatic heterocycles. The number of carboxylic acids is 1. The second-order valence-corrected chi connectivity index (χ2v) is 16.5. The number of allylic oxidation sites excluding steroid dienone is 1. The number of aryl methyl sites for hydroxylation is 2. The topological polar surface area (TPSA) is 199 Å². The van der Waals surface area contributed by atoms with Crippen LogP contribution in [0.4, 0.5) is 9.59 Å². The molecule has 0 saturated carbocycles. The molecule has 0 aromatic heterocycles. The normalized spacial score (nSPS) is 15.3. The van der Waals surface area contributed by atoms with Crippen molar-refractivity contribution in [3.63, 3.8) is 0 Å². The van der Waals surface area contributed by atoms with Crippen molar-refractivity contribution in [2.24, 2.45) is 0 Å². The van der Waals surface area contributed by atoms with Crippen LogP contribution < -0.4 is 55.9 Å². The molecule has 2 aliphatic rings. The molecule has 2 saturated heterocycles. The number of carbonyl (C=O) groups excluding carboxylic acids is 6. The summed E-state index contributed by atoms with van der Waals surface area (Å²) in [5, 5.41) is 22.7. The van der Waals surface area contributed by atoms with Crippen molar-refractivity contribution >= 4 is 35.6 Å². The van der Waals surface area contributed by atoms with Crippen LogP contribution in [0.3, 0.4) is 0 Å². The number of nitrogens with one attached hydrogen (secondary N) is 4. The Morgan fingerprint density at radius 3 is 1.19 bits per heavy atom. The first-order valence-corrected chi connectivity index (χ1v) is 23.1. The third kappa shape index (κ3) is 21.4. The van der Waals surface area contributed by atoms with E-state index >= 15 is 0 Å². The fourth-order valence-corrected chi connectivity index (χ4v) is 7.51. The van der Waals surface area contributed by atoms with E-state index in [0.29, 0.717) is 84.7 Å². The number of carboxylic acid groups (broad SMARTS) is 1. The molecule has 0 spiro atoms. The Morgan fingerprint density at radius 2 is 0.855 bits per heavy atom. The van der Waals surface area contributed by atoms with Gasteiger partial charge >= 0.3 is 41.6 Å². The maximum absolute atomic E-state index is 13.3. The van der Waals surface area contributed by atoms with Gasteiger partial charge in [0, 0.05) is 51.1 Å². The van der Waals surface area contributed by atoms with E-state index in [1.165, 1.54) is 19.1 Å². The smallest absolute Gasteiger partial charge is 0.545 e. The van der Waals surface area contributed by atoms with Crippen LogP contribution in [0.5, 0.6) is 0 Å². The number of amides is 6. The molecule has 15 nitrogen and oxygen atoms in total. The standard InChI is InChI=1S/C27H33N3O4.C26H31N3O5.Na/c1-21(31)12-14-24(15-13-22-8-4-2-5-9-22)28-26(32)25(20-23-10-6-3-7-11-23)29-27(33)30-16-18-34-19-17-30;30-24(31)14-13-22(12-11-20-7-3-1-4-8-20)27-25(32)23(19-21-9-5-2-6-10-21)28-26(33)29-15-17-34-18-16-29;/h2-12,14,24-25H,13,15-20H2,1H3,(H,28,32)(H,29,33);1-10,13-14,22-23H,11-12,15-19H2,(H,27,32)(H,28,33)(H,30,31);/q;;+1/p-1/b14-12+;14-13+;/t24?,25-;22?,23-;/m00./s1. The van der Waals surface area contributed by atoms with Crippen molar-refractivity contribution in [3.8, 4) is 0 Å². The molecule has 69 heavy (non-hydrogen) atoms. The van der Waals surface area contributed by atoms with Crippen LogP contribution in [0.25, 0.3) is 0 Å². The van der Waals surface area contributed by atoms with E-state index in [2.05, 4.69) is 21.3 Å². The zero-order chi connectivity index (χ0) is 48.4. The molecular formula is C53H63N6NaO9. The summed E-state index contributed by atoms with van der Waals surface area (Å²) in [6, 6.07) is 35.7. The largest absolute Gasteiger partial charge is 1.00 e. The molecule has 2 fully saturated rings. The Hall–Kier alpha value is -6.10. The molecule has 2 heterocycles. The summed E-state index contributed by atoms with van der Waals surface area (Å²) < 4.78 is 10.6. The number of hydrogen-bond acceptors (Lipinski definition) is 9. The first-order valence-electron chi connectivity index (χ1n) is 23.1. The van der Waals surface area contributed by atoms with Gasteiger partial charge in [0.2, 0.25) is 11.8 Å². The van der Waals surface area contributed by atoms with Crippen molar-refractivity contribution in [3.05, 3.63) is 168 Å². The van der Waals surface area contributed by atoms with Crippen LogP contribution in [-0.4, -0.2) is 122 Å². The first kappa shape index (κ1) is 55.5. The summed E-state index contributed by atoms with van der Waals surface area (Å²) in [6.45, 7) is 5.27. The number of morpholine rings is 2. The summed E-state index contributed by atoms with van der Waals surface area (Å²) in [4.78, 5) is 78.0. The molecule has 0 bridgehead atoms. The van der Waals surface area contributed by atoms with Gasteiger partial charge in [0.25, 0.3) is 0 Å². The van der Waals surface area contributed by atoms with Gasteiger partial charge in [-0.1, -0.05) is 133 Å². The third-order valence-corrected chi connectivity index (χ3v) is 11.2. The van der Waals surface area contributed by atoms with Gasteiger partial charge in [-0.25, -0.2) is 9.59 Å². The predicted molar refractivity (Wildman–Crippen MR) is 257 cm³/mol. The summed E-state index contributed by atoms with van der Waals surface area (Å²) in [6.07, 6.45) is 8.74. The number of urea groups is 2. The fraction of sp³-hybridized carbons (Fsp3) is 0.358. The van der Waals surface area contributed by atoms with Gasteiger partial charge in [0.1, 0.15) is 12.1 Å². The number of aliphatic carboxylic acids is 1. The maximum Gasteiger partial charge on any atom is 1.00 e. The quantitative estimate of drug-likeness (QED) is 0.0737. The van der Waals surface area contributed by atoms with Crippen LogP contribution >= 0.6 is 0 Å². The second-order valence-electron chi connectivity index (χ2n) is 16.5. The van der Waals surface area contributed by atoms with Crippen LogP contribution in [0.2, 0.25) is 0 Å². The summed E-state index contributed by atoms with van der Waals surface area (Å²) in [7, 11) is 0. The molecule has 4 N–H and O–H groups in total. The molecule has 4 atom stereocenters. The van der Waals surface area contributed by atoms with Gasteiger partial charge < -0.3 is 50.4 Å². The Labute approximate surface area is 427 Å². The predicted octanol–water partition coefficient (Wildman–Crippen LogP) is 0.970. The minimum atomic E-state index is -1.33. The van der Waals surface area contributed by atoms with Gasteiger partial charge in [0.05, 0.1) is 32.4 Å². The first-order chi connectivity index (χ1) is 33.0. The average Bonchev–Trinajstić information content (AvgIpc) is 3.37. The number of hydrogen-bond donors (Lipinski definition) is 4. The van der Waals surface area contributed by atoms with Gasteiger partial charge in [0.15, 0.2) is 5.78 Å². The molecule has 0 aliphatic carbocycles. The zero-order valence-electron chi connectivity index (χ0n) is 39.6. The van der Waals surface area contributed by atoms with E-state index in [0.717, 1.165) is 34.8 Å². The maximum atomic E-state index is 13.3. The van der Waals surface area contributed by atoms with Gasteiger partial charge in [-0.3, -0.25) is 14.4 Å². The van der Waals surface area contributed by atoms with Crippen LogP contribution in [0.15, 0.2) is 146 Å². The number of ketones is 1. The zero-order valence-corrected chi connectivity index (χ0v) is 41.6. The van der Waals surface area contributed by atoms with Crippen molar-refractivity contribution in [2.75, 3.05) is 52.6 Å². The van der Waals surface area contributed by atoms with E-state index in [4.69, 9.17) is 9.47 Å². The summed E-state index contributed by atoms with van der Waals surface area (Å²) in [5.74, 6) is -2.08. The van der Waals surface area contributed by atoms with E-state index in [9.17, 15) is 33.9 Å². The van der Waals surface area contributed by atoms with Gasteiger partial charge in [-0.2, -0.15) is 0 Å². The Morgan fingerprint density at radius 1 is 0.522 bits per heavy atom. The van der Waals surface area contributed by atoms with Crippen molar-refractivity contribution < 1.29 is 72.9 Å². The molecule has 4 aromatic carbocycles. The molecule has 6 rings (SSSR count). The number of rotatable bonds is 20. The molecule has 360 valence electrons. The second kappa shape index (κ2) is 31.1. The van der Waals surface area contributed by atoms with Gasteiger partial charge in [-0.15, -0.1) is 0 Å². The number of nitrogens with zero attached hydrogens (tertiary/aromatic N) is 2. The van der Waals surface area contributed by atoms with Crippen molar-refractivity contribution in [1.82, 2.24) is 31.1 Å². The SMILES string of the molecule is CC(=O)/C=C/C(CCc1ccccc1)NC(=O)[C@H](Cc1ccccc1)NC(=O)N1CCOCC1.O=C([O-])/C=C/C(CCc1ccccc1)NC(=O)[C@H](Cc1ccccc1)NC(=O)N1CCOCC1.[Na+]. The van der Waals surface area contributed by atoms with Crippen molar-refractivity contribution in [2.45, 2.75) is 69.6 Å². The number of ether oxygens (including phenoxy) is 2. The van der Waals surface area contributed by atoms with E-state index in [1.807, 2.05) is 121 Å². The van der Waals surface area contributed by atoms with Crippen LogP contribution in [0.1, 0.15) is 42.0 Å². The Balaban J connectivity index is 0.000000296. The minimum absolute atomic E-state index is 0. The van der Waals surface area contributed by atoms with E-state index < -0.39 is 24.1 Å². The van der Waals surface area contributed by atoms with E-state index in [-0.39, 0.29) is 65.3 Å². The number of benzene rings is 4. The average molecular weight is 951 g/mol. The number of carbonyl (C=O) groups is 6. The Bertz CT molecular complexity index is 2080. The fourth-order valence-electron chi connectivity index (χ4n) is 7.51. The monoisotopic (exact) mass is 950 g/mol. The Kier molecular flexibility index (Phi) is 25.0. The third-order valence-electron chi connectivity index (χ3n) is 11.2. The summed E-state index contributed by atoms with van der Waals surface area (Å²) in [5.41, 5.74) is 4.07. The minimum Gasteiger partial charge on any atom is -0.545 e. The molecule has 2 unspecified atom stereocenters. The van der Waals surface area contributed by atoms with E-state index in [1.54, 1.807) is 15.9 Å². The summed E-state index contributed by atoms with van der Waals surface area (Å²) >= 11 is 0. The van der Waals surface area contributed by atoms with Crippen LogP contribution in [0, 0.1) is 0 Å². The van der Waals surface area contributed by atoms with Crippen molar-refractivity contribution in [1.29, 1.82) is 0 Å². The van der Waals surface area contributed by atoms with Gasteiger partial charge in [-0.05, 0) is 67.0 Å². The molecule has 4 aromatic rings.